The van der Waals surface area contributed by atoms with Gasteiger partial charge in [0.25, 0.3) is 5.56 Å². The fourth-order valence-corrected chi connectivity index (χ4v) is 4.95. The summed E-state index contributed by atoms with van der Waals surface area (Å²) in [4.78, 5) is 42.6. The van der Waals surface area contributed by atoms with Crippen LogP contribution < -0.4 is 10.9 Å². The lowest BCUT2D eigenvalue weighted by atomic mass is 10.1. The predicted octanol–water partition coefficient (Wildman–Crippen LogP) is 3.19. The van der Waals surface area contributed by atoms with Crippen molar-refractivity contribution in [3.63, 3.8) is 0 Å². The molecule has 1 aliphatic rings. The highest BCUT2D eigenvalue weighted by atomic mass is 32.2. The van der Waals surface area contributed by atoms with E-state index in [0.29, 0.717) is 41.1 Å². The topological polar surface area (TPSA) is 90.3 Å². The van der Waals surface area contributed by atoms with Gasteiger partial charge in [-0.25, -0.2) is 9.78 Å². The van der Waals surface area contributed by atoms with Crippen LogP contribution in [-0.4, -0.2) is 40.3 Å². The molecule has 0 spiro atoms. The fraction of sp³-hybridized carbons (Fsp3) is 0.333. The quantitative estimate of drug-likeness (QED) is 0.457. The Balaban J connectivity index is 1.75. The van der Waals surface area contributed by atoms with Crippen molar-refractivity contribution in [3.05, 3.63) is 70.0 Å². The van der Waals surface area contributed by atoms with Gasteiger partial charge < -0.3 is 10.1 Å². The number of aryl methyl sites for hydroxylation is 1. The number of methoxy groups -OCH3 is 1. The highest BCUT2D eigenvalue weighted by molar-refractivity contribution is 8.00. The van der Waals surface area contributed by atoms with E-state index in [2.05, 4.69) is 5.32 Å². The normalized spacial score (nSPS) is 16.4. The van der Waals surface area contributed by atoms with Crippen LogP contribution in [-0.2, 0) is 22.5 Å². The molecule has 0 saturated carbocycles. The second kappa shape index (κ2) is 9.99. The first-order chi connectivity index (χ1) is 15.6. The molecule has 0 unspecified atom stereocenters. The SMILES string of the molecule is COC(=O)c1ccc2c(=O)n(CCc3ccccc3)c(S[C@@H]3CCCCNC3=O)nc2c1. The minimum absolute atomic E-state index is 0.0280. The van der Waals surface area contributed by atoms with E-state index >= 15 is 0 Å². The van der Waals surface area contributed by atoms with Crippen molar-refractivity contribution >= 4 is 34.5 Å². The summed E-state index contributed by atoms with van der Waals surface area (Å²) in [6.07, 6.45) is 3.27. The van der Waals surface area contributed by atoms with Gasteiger partial charge in [0.05, 0.1) is 28.8 Å². The van der Waals surface area contributed by atoms with Crippen LogP contribution in [0.25, 0.3) is 10.9 Å². The third kappa shape index (κ3) is 4.85. The Morgan fingerprint density at radius 1 is 1.19 bits per heavy atom. The molecule has 0 radical (unpaired) electrons. The number of thioether (sulfide) groups is 1. The monoisotopic (exact) mass is 451 g/mol. The summed E-state index contributed by atoms with van der Waals surface area (Å²) in [5, 5.41) is 3.55. The van der Waals surface area contributed by atoms with Crippen LogP contribution in [0.1, 0.15) is 35.2 Å². The van der Waals surface area contributed by atoms with Crippen LogP contribution in [0.4, 0.5) is 0 Å². The van der Waals surface area contributed by atoms with Crippen molar-refractivity contribution in [2.24, 2.45) is 0 Å². The van der Waals surface area contributed by atoms with E-state index in [9.17, 15) is 14.4 Å². The van der Waals surface area contributed by atoms with Gasteiger partial charge in [0.2, 0.25) is 5.91 Å². The number of aromatic nitrogens is 2. The number of ether oxygens (including phenoxy) is 1. The largest absolute Gasteiger partial charge is 0.465 e. The molecule has 166 valence electrons. The lowest BCUT2D eigenvalue weighted by Gasteiger charge is -2.17. The number of benzene rings is 2. The molecular formula is C24H25N3O4S. The molecule has 8 heteroatoms. The number of carbonyl (C=O) groups excluding carboxylic acids is 2. The molecule has 3 aromatic rings. The zero-order chi connectivity index (χ0) is 22.5. The first-order valence-electron chi connectivity index (χ1n) is 10.7. The van der Waals surface area contributed by atoms with Gasteiger partial charge >= 0.3 is 5.97 Å². The summed E-state index contributed by atoms with van der Waals surface area (Å²) in [5.41, 5.74) is 1.69. The molecule has 1 fully saturated rings. The second-order valence-corrected chi connectivity index (χ2v) is 8.87. The van der Waals surface area contributed by atoms with E-state index in [4.69, 9.17) is 9.72 Å². The lowest BCUT2D eigenvalue weighted by molar-refractivity contribution is -0.120. The molecule has 0 bridgehead atoms. The molecule has 4 rings (SSSR count). The van der Waals surface area contributed by atoms with Gasteiger partial charge in [0, 0.05) is 13.1 Å². The molecule has 32 heavy (non-hydrogen) atoms. The van der Waals surface area contributed by atoms with E-state index in [1.807, 2.05) is 30.3 Å². The van der Waals surface area contributed by atoms with Gasteiger partial charge in [-0.3, -0.25) is 14.2 Å². The molecule has 1 saturated heterocycles. The number of rotatable bonds is 6. The number of hydrogen-bond acceptors (Lipinski definition) is 6. The molecule has 2 aromatic carbocycles. The molecule has 1 atom stereocenters. The molecule has 1 aliphatic heterocycles. The highest BCUT2D eigenvalue weighted by Crippen LogP contribution is 2.28. The van der Waals surface area contributed by atoms with E-state index in [0.717, 1.165) is 24.8 Å². The van der Waals surface area contributed by atoms with Crippen molar-refractivity contribution in [1.82, 2.24) is 14.9 Å². The lowest BCUT2D eigenvalue weighted by Crippen LogP contribution is -2.32. The summed E-state index contributed by atoms with van der Waals surface area (Å²) < 4.78 is 6.45. The molecule has 0 aliphatic carbocycles. The predicted molar refractivity (Wildman–Crippen MR) is 124 cm³/mol. The maximum absolute atomic E-state index is 13.4. The van der Waals surface area contributed by atoms with E-state index in [-0.39, 0.29) is 16.7 Å². The minimum atomic E-state index is -0.487. The van der Waals surface area contributed by atoms with Gasteiger partial charge in [0.15, 0.2) is 5.16 Å². The first-order valence-corrected chi connectivity index (χ1v) is 11.6. The number of nitrogens with one attached hydrogen (secondary N) is 1. The smallest absolute Gasteiger partial charge is 0.337 e. The summed E-state index contributed by atoms with van der Waals surface area (Å²) in [7, 11) is 1.31. The van der Waals surface area contributed by atoms with Crippen LogP contribution in [0.15, 0.2) is 58.5 Å². The Labute approximate surface area is 190 Å². The van der Waals surface area contributed by atoms with Crippen molar-refractivity contribution < 1.29 is 14.3 Å². The van der Waals surface area contributed by atoms with Crippen molar-refractivity contribution in [3.8, 4) is 0 Å². The van der Waals surface area contributed by atoms with Gasteiger partial charge in [-0.2, -0.15) is 0 Å². The third-order valence-corrected chi connectivity index (χ3v) is 6.80. The third-order valence-electron chi connectivity index (χ3n) is 5.54. The molecule has 1 aromatic heterocycles. The second-order valence-electron chi connectivity index (χ2n) is 7.70. The van der Waals surface area contributed by atoms with Gasteiger partial charge in [0.1, 0.15) is 0 Å². The van der Waals surface area contributed by atoms with Gasteiger partial charge in [-0.1, -0.05) is 48.5 Å². The standard InChI is InChI=1S/C24H25N3O4S/c1-31-23(30)17-10-11-18-19(15-17)26-24(32-20-9-5-6-13-25-21(20)28)27(22(18)29)14-12-16-7-3-2-4-8-16/h2-4,7-8,10-11,15,20H,5-6,9,12-14H2,1H3,(H,25,28)/t20-/m1/s1. The Bertz CT molecular complexity index is 1190. The van der Waals surface area contributed by atoms with E-state index < -0.39 is 5.97 Å². The summed E-state index contributed by atoms with van der Waals surface area (Å²) in [6, 6.07) is 14.7. The molecule has 1 N–H and O–H groups in total. The summed E-state index contributed by atoms with van der Waals surface area (Å²) in [6.45, 7) is 1.12. The average molecular weight is 452 g/mol. The minimum Gasteiger partial charge on any atom is -0.465 e. The number of carbonyl (C=O) groups is 2. The Hall–Kier alpha value is -3.13. The zero-order valence-electron chi connectivity index (χ0n) is 17.9. The van der Waals surface area contributed by atoms with Crippen LogP contribution in [0.5, 0.6) is 0 Å². The van der Waals surface area contributed by atoms with Gasteiger partial charge in [-0.05, 0) is 43.0 Å². The molecule has 7 nitrogen and oxygen atoms in total. The number of hydrogen-bond donors (Lipinski definition) is 1. The average Bonchev–Trinajstić information content (AvgIpc) is 3.02. The van der Waals surface area contributed by atoms with E-state index in [1.54, 1.807) is 22.8 Å². The number of nitrogens with zero attached hydrogens (tertiary/aromatic N) is 2. The van der Waals surface area contributed by atoms with Crippen molar-refractivity contribution in [2.75, 3.05) is 13.7 Å². The van der Waals surface area contributed by atoms with Crippen LogP contribution in [0, 0.1) is 0 Å². The molecular weight excluding hydrogens is 426 g/mol. The van der Waals surface area contributed by atoms with E-state index in [1.165, 1.54) is 18.9 Å². The molecule has 2 heterocycles. The summed E-state index contributed by atoms with van der Waals surface area (Å²) >= 11 is 1.32. The summed E-state index contributed by atoms with van der Waals surface area (Å²) in [5.74, 6) is -0.515. The maximum atomic E-state index is 13.4. The highest BCUT2D eigenvalue weighted by Gasteiger charge is 2.25. The van der Waals surface area contributed by atoms with Crippen molar-refractivity contribution in [1.29, 1.82) is 0 Å². The number of fused-ring (bicyclic) bond motifs is 1. The van der Waals surface area contributed by atoms with Crippen LogP contribution in [0.3, 0.4) is 0 Å². The van der Waals surface area contributed by atoms with Crippen LogP contribution >= 0.6 is 11.8 Å². The van der Waals surface area contributed by atoms with Crippen molar-refractivity contribution in [2.45, 2.75) is 42.6 Å². The Morgan fingerprint density at radius 2 is 2.00 bits per heavy atom. The van der Waals surface area contributed by atoms with Gasteiger partial charge in [-0.15, -0.1) is 0 Å². The first kappa shape index (κ1) is 22.1. The maximum Gasteiger partial charge on any atom is 0.337 e. The molecule has 1 amide bonds. The fourth-order valence-electron chi connectivity index (χ4n) is 3.77. The van der Waals surface area contributed by atoms with Crippen LogP contribution in [0.2, 0.25) is 0 Å². The number of esters is 1. The Kier molecular flexibility index (Phi) is 6.90. The number of amides is 1. The zero-order valence-corrected chi connectivity index (χ0v) is 18.7. The Morgan fingerprint density at radius 3 is 2.78 bits per heavy atom.